The fourth-order valence-electron chi connectivity index (χ4n) is 2.11. The smallest absolute Gasteiger partial charge is 0.0408 e. The molecule has 102 valence electrons. The van der Waals surface area contributed by atoms with E-state index in [9.17, 15) is 0 Å². The Labute approximate surface area is 117 Å². The van der Waals surface area contributed by atoms with E-state index < -0.39 is 0 Å². The Kier molecular flexibility index (Phi) is 6.17. The fraction of sp³-hybridized carbons (Fsp3) is 0.625. The zero-order valence-corrected chi connectivity index (χ0v) is 12.8. The van der Waals surface area contributed by atoms with Gasteiger partial charge in [0, 0.05) is 11.6 Å². The second-order valence-corrected chi connectivity index (χ2v) is 6.43. The van der Waals surface area contributed by atoms with Crippen LogP contribution in [0.2, 0.25) is 5.02 Å². The molecule has 0 heterocycles. The van der Waals surface area contributed by atoms with Crippen molar-refractivity contribution in [3.05, 3.63) is 34.9 Å². The van der Waals surface area contributed by atoms with Gasteiger partial charge in [0.1, 0.15) is 0 Å². The van der Waals surface area contributed by atoms with Crippen LogP contribution in [-0.2, 0) is 6.42 Å². The van der Waals surface area contributed by atoms with Gasteiger partial charge in [-0.25, -0.2) is 0 Å². The molecule has 1 rings (SSSR count). The molecule has 18 heavy (non-hydrogen) atoms. The molecule has 0 spiro atoms. The van der Waals surface area contributed by atoms with Crippen LogP contribution in [0.4, 0.5) is 0 Å². The van der Waals surface area contributed by atoms with Crippen LogP contribution in [0.3, 0.4) is 0 Å². The molecule has 0 fully saturated rings. The molecule has 0 radical (unpaired) electrons. The van der Waals surface area contributed by atoms with Crippen LogP contribution in [0.15, 0.2) is 24.3 Å². The Morgan fingerprint density at radius 3 is 2.61 bits per heavy atom. The molecule has 0 bridgehead atoms. The Morgan fingerprint density at radius 1 is 1.33 bits per heavy atom. The highest BCUT2D eigenvalue weighted by Gasteiger charge is 2.22. The zero-order chi connectivity index (χ0) is 13.6. The van der Waals surface area contributed by atoms with Gasteiger partial charge < -0.3 is 5.32 Å². The van der Waals surface area contributed by atoms with Gasteiger partial charge in [-0.15, -0.1) is 0 Å². The Morgan fingerprint density at radius 2 is 2.06 bits per heavy atom. The molecule has 1 unspecified atom stereocenters. The molecule has 1 N–H and O–H groups in total. The molecule has 1 nitrogen and oxygen atoms in total. The standard InChI is InChI=1S/C16H26ClN/c1-5-16(4,12-18-11-13(2)3)10-14-7-6-8-15(17)9-14/h6-9,13,18H,5,10-12H2,1-4H3. The lowest BCUT2D eigenvalue weighted by atomic mass is 9.81. The van der Waals surface area contributed by atoms with E-state index in [1.807, 2.05) is 12.1 Å². The molecule has 1 aromatic carbocycles. The predicted octanol–water partition coefficient (Wildman–Crippen LogP) is 4.54. The lowest BCUT2D eigenvalue weighted by molar-refractivity contribution is 0.285. The molecule has 0 aliphatic heterocycles. The van der Waals surface area contributed by atoms with Gasteiger partial charge in [0.05, 0.1) is 0 Å². The topological polar surface area (TPSA) is 12.0 Å². The number of benzene rings is 1. The molecule has 0 amide bonds. The maximum Gasteiger partial charge on any atom is 0.0408 e. The Balaban J connectivity index is 2.58. The lowest BCUT2D eigenvalue weighted by Gasteiger charge is -2.29. The van der Waals surface area contributed by atoms with E-state index in [4.69, 9.17) is 11.6 Å². The highest BCUT2D eigenvalue weighted by molar-refractivity contribution is 6.30. The van der Waals surface area contributed by atoms with Crippen LogP contribution in [0, 0.1) is 11.3 Å². The van der Waals surface area contributed by atoms with Crippen molar-refractivity contribution in [1.82, 2.24) is 5.32 Å². The molecule has 0 saturated carbocycles. The molecule has 0 saturated heterocycles. The van der Waals surface area contributed by atoms with Crippen molar-refractivity contribution in [3.63, 3.8) is 0 Å². The minimum atomic E-state index is 0.305. The monoisotopic (exact) mass is 267 g/mol. The van der Waals surface area contributed by atoms with E-state index in [2.05, 4.69) is 45.1 Å². The van der Waals surface area contributed by atoms with E-state index in [0.717, 1.165) is 24.5 Å². The van der Waals surface area contributed by atoms with Crippen LogP contribution in [0.1, 0.15) is 39.7 Å². The number of hydrogen-bond donors (Lipinski definition) is 1. The summed E-state index contributed by atoms with van der Waals surface area (Å²) in [4.78, 5) is 0. The largest absolute Gasteiger partial charge is 0.316 e. The number of halogens is 1. The third-order valence-electron chi connectivity index (χ3n) is 3.48. The minimum Gasteiger partial charge on any atom is -0.316 e. The van der Waals surface area contributed by atoms with Crippen molar-refractivity contribution < 1.29 is 0 Å². The summed E-state index contributed by atoms with van der Waals surface area (Å²) >= 11 is 6.05. The average Bonchev–Trinajstić information content (AvgIpc) is 2.28. The first-order chi connectivity index (χ1) is 8.45. The van der Waals surface area contributed by atoms with Gasteiger partial charge in [-0.1, -0.05) is 51.4 Å². The van der Waals surface area contributed by atoms with Gasteiger partial charge in [-0.05, 0) is 48.4 Å². The summed E-state index contributed by atoms with van der Waals surface area (Å²) in [5.41, 5.74) is 1.64. The Bertz CT molecular complexity index is 362. The molecular weight excluding hydrogens is 242 g/mol. The molecule has 0 aromatic heterocycles. The number of nitrogens with one attached hydrogen (secondary N) is 1. The average molecular weight is 268 g/mol. The predicted molar refractivity (Wildman–Crippen MR) is 81.3 cm³/mol. The van der Waals surface area contributed by atoms with Gasteiger partial charge in [0.15, 0.2) is 0 Å². The van der Waals surface area contributed by atoms with E-state index in [-0.39, 0.29) is 0 Å². The van der Waals surface area contributed by atoms with Crippen LogP contribution in [-0.4, -0.2) is 13.1 Å². The minimum absolute atomic E-state index is 0.305. The first kappa shape index (κ1) is 15.5. The van der Waals surface area contributed by atoms with Crippen molar-refractivity contribution >= 4 is 11.6 Å². The molecule has 0 aliphatic rings. The van der Waals surface area contributed by atoms with Gasteiger partial charge in [0.2, 0.25) is 0 Å². The highest BCUT2D eigenvalue weighted by atomic mass is 35.5. The highest BCUT2D eigenvalue weighted by Crippen LogP contribution is 2.26. The SMILES string of the molecule is CCC(C)(CNCC(C)C)Cc1cccc(Cl)c1. The number of rotatable bonds is 7. The van der Waals surface area contributed by atoms with Crippen molar-refractivity contribution in [3.8, 4) is 0 Å². The van der Waals surface area contributed by atoms with E-state index in [1.54, 1.807) is 0 Å². The summed E-state index contributed by atoms with van der Waals surface area (Å²) in [6, 6.07) is 8.22. The molecule has 1 aromatic rings. The lowest BCUT2D eigenvalue weighted by Crippen LogP contribution is -2.35. The van der Waals surface area contributed by atoms with Crippen molar-refractivity contribution in [1.29, 1.82) is 0 Å². The first-order valence-electron chi connectivity index (χ1n) is 6.90. The third kappa shape index (κ3) is 5.41. The van der Waals surface area contributed by atoms with Crippen molar-refractivity contribution in [2.75, 3.05) is 13.1 Å². The molecule has 1 atom stereocenters. The summed E-state index contributed by atoms with van der Waals surface area (Å²) in [7, 11) is 0. The zero-order valence-electron chi connectivity index (χ0n) is 12.1. The summed E-state index contributed by atoms with van der Waals surface area (Å²) in [5.74, 6) is 0.706. The van der Waals surface area contributed by atoms with Gasteiger partial charge in [0.25, 0.3) is 0 Å². The van der Waals surface area contributed by atoms with Gasteiger partial charge >= 0.3 is 0 Å². The van der Waals surface area contributed by atoms with Crippen LogP contribution >= 0.6 is 11.6 Å². The maximum atomic E-state index is 6.05. The number of hydrogen-bond acceptors (Lipinski definition) is 1. The summed E-state index contributed by atoms with van der Waals surface area (Å²) in [5, 5.41) is 4.41. The summed E-state index contributed by atoms with van der Waals surface area (Å²) < 4.78 is 0. The molecule has 2 heteroatoms. The van der Waals surface area contributed by atoms with Gasteiger partial charge in [-0.2, -0.15) is 0 Å². The van der Waals surface area contributed by atoms with E-state index in [0.29, 0.717) is 11.3 Å². The van der Waals surface area contributed by atoms with Gasteiger partial charge in [-0.3, -0.25) is 0 Å². The third-order valence-corrected chi connectivity index (χ3v) is 3.71. The van der Waals surface area contributed by atoms with Crippen LogP contribution in [0.25, 0.3) is 0 Å². The van der Waals surface area contributed by atoms with Crippen molar-refractivity contribution in [2.24, 2.45) is 11.3 Å². The second kappa shape index (κ2) is 7.16. The van der Waals surface area contributed by atoms with Crippen molar-refractivity contribution in [2.45, 2.75) is 40.5 Å². The summed E-state index contributed by atoms with van der Waals surface area (Å²) in [6.07, 6.45) is 2.25. The molecular formula is C16H26ClN. The maximum absolute atomic E-state index is 6.05. The molecule has 0 aliphatic carbocycles. The normalized spacial score (nSPS) is 14.8. The summed E-state index contributed by atoms with van der Waals surface area (Å²) in [6.45, 7) is 11.3. The van der Waals surface area contributed by atoms with Crippen LogP contribution in [0.5, 0.6) is 0 Å². The van der Waals surface area contributed by atoms with E-state index in [1.165, 1.54) is 12.0 Å². The second-order valence-electron chi connectivity index (χ2n) is 6.00. The quantitative estimate of drug-likeness (QED) is 0.765. The van der Waals surface area contributed by atoms with E-state index >= 15 is 0 Å². The van der Waals surface area contributed by atoms with Crippen LogP contribution < -0.4 is 5.32 Å². The Hall–Kier alpha value is -0.530. The fourth-order valence-corrected chi connectivity index (χ4v) is 2.33. The first-order valence-corrected chi connectivity index (χ1v) is 7.28.